The number of amides is 1. The number of aromatic carboxylic acids is 1. The Morgan fingerprint density at radius 2 is 1.89 bits per heavy atom. The van der Waals surface area contributed by atoms with Crippen molar-refractivity contribution in [2.75, 3.05) is 44.0 Å². The van der Waals surface area contributed by atoms with Gasteiger partial charge in [-0.25, -0.2) is 18.4 Å². The third-order valence-electron chi connectivity index (χ3n) is 7.23. The zero-order valence-corrected chi connectivity index (χ0v) is 26.0. The van der Waals surface area contributed by atoms with E-state index in [9.17, 15) is 36.6 Å². The molecule has 14 heteroatoms. The van der Waals surface area contributed by atoms with Gasteiger partial charge in [-0.05, 0) is 64.4 Å². The van der Waals surface area contributed by atoms with Crippen molar-refractivity contribution in [2.24, 2.45) is 0 Å². The molecular formula is C32H35F5N4O5. The zero-order chi connectivity index (χ0) is 34.0. The van der Waals surface area contributed by atoms with Gasteiger partial charge >= 0.3 is 18.2 Å². The van der Waals surface area contributed by atoms with Crippen LogP contribution >= 0.6 is 0 Å². The summed E-state index contributed by atoms with van der Waals surface area (Å²) in [6, 6.07) is 7.35. The van der Waals surface area contributed by atoms with Crippen molar-refractivity contribution in [2.45, 2.75) is 57.7 Å². The van der Waals surface area contributed by atoms with Gasteiger partial charge < -0.3 is 29.4 Å². The first kappa shape index (κ1) is 34.4. The molecule has 1 fully saturated rings. The van der Waals surface area contributed by atoms with Gasteiger partial charge in [-0.2, -0.15) is 13.2 Å². The van der Waals surface area contributed by atoms with E-state index in [4.69, 9.17) is 9.47 Å². The van der Waals surface area contributed by atoms with Crippen LogP contribution in [0.1, 0.15) is 43.2 Å². The molecule has 9 nitrogen and oxygen atoms in total. The number of carbonyl (C=O) groups excluding carboxylic acids is 1. The molecule has 46 heavy (non-hydrogen) atoms. The average molecular weight is 651 g/mol. The summed E-state index contributed by atoms with van der Waals surface area (Å²) in [4.78, 5) is 27.4. The summed E-state index contributed by atoms with van der Waals surface area (Å²) in [6.45, 7) is 3.81. The number of hydrogen-bond acceptors (Lipinski definition) is 6. The smallest absolute Gasteiger partial charge is 0.415 e. The van der Waals surface area contributed by atoms with Gasteiger partial charge in [-0.1, -0.05) is 12.0 Å². The first-order chi connectivity index (χ1) is 21.5. The zero-order valence-electron chi connectivity index (χ0n) is 26.0. The third-order valence-corrected chi connectivity index (χ3v) is 7.23. The fourth-order valence-electron chi connectivity index (χ4n) is 5.14. The maximum Gasteiger partial charge on any atom is 0.415 e. The Bertz CT molecular complexity index is 1670. The molecular weight excluding hydrogens is 615 g/mol. The van der Waals surface area contributed by atoms with Crippen LogP contribution in [0.3, 0.4) is 0 Å². The summed E-state index contributed by atoms with van der Waals surface area (Å²) < 4.78 is 82.4. The van der Waals surface area contributed by atoms with E-state index in [1.54, 1.807) is 32.9 Å². The second-order valence-electron chi connectivity index (χ2n) is 12.0. The van der Waals surface area contributed by atoms with Crippen molar-refractivity contribution < 1.29 is 46.1 Å². The van der Waals surface area contributed by atoms with E-state index >= 15 is 0 Å². The number of anilines is 2. The molecule has 1 aromatic heterocycles. The van der Waals surface area contributed by atoms with Crippen molar-refractivity contribution in [3.63, 3.8) is 0 Å². The van der Waals surface area contributed by atoms with E-state index in [0.29, 0.717) is 24.0 Å². The minimum Gasteiger partial charge on any atom is -0.495 e. The summed E-state index contributed by atoms with van der Waals surface area (Å²) in [5, 5.41) is 12.9. The van der Waals surface area contributed by atoms with E-state index in [-0.39, 0.29) is 29.2 Å². The summed E-state index contributed by atoms with van der Waals surface area (Å²) in [5.41, 5.74) is -1.26. The Morgan fingerprint density at radius 1 is 1.17 bits per heavy atom. The van der Waals surface area contributed by atoms with Crippen LogP contribution in [0.25, 0.3) is 10.9 Å². The number of aromatic nitrogens is 1. The predicted octanol–water partition coefficient (Wildman–Crippen LogP) is 6.30. The largest absolute Gasteiger partial charge is 0.495 e. The number of benzene rings is 2. The van der Waals surface area contributed by atoms with E-state index in [2.05, 4.69) is 17.2 Å². The van der Waals surface area contributed by atoms with Crippen molar-refractivity contribution in [3.05, 3.63) is 53.5 Å². The number of ether oxygens (including phenoxy) is 2. The molecule has 0 spiro atoms. The fourth-order valence-corrected chi connectivity index (χ4v) is 5.14. The Morgan fingerprint density at radius 3 is 2.50 bits per heavy atom. The standard InChI is InChI=1S/C32H35F5N4O5/c1-31(2,3)46-30(44)40(27-16-22(33)20(29(42)43)15-28(27)45-5)12-7-8-19-14-21-24(38-25-11-13-39(4)17-23(25)34)9-6-10-26(21)41(19)18-32(35,36)37/h6,9-10,14-16,23,25,38H,11-13,17-18H2,1-5H3,(H,42,43)/t23-,25+/m0/s1. The van der Waals surface area contributed by atoms with Gasteiger partial charge in [0.05, 0.1) is 42.2 Å². The number of methoxy groups -OCH3 is 1. The van der Waals surface area contributed by atoms with E-state index in [0.717, 1.165) is 21.6 Å². The molecule has 4 rings (SSSR count). The first-order valence-electron chi connectivity index (χ1n) is 14.4. The highest BCUT2D eigenvalue weighted by atomic mass is 19.4. The van der Waals surface area contributed by atoms with Crippen LogP contribution in [-0.4, -0.2) is 84.4 Å². The second-order valence-corrected chi connectivity index (χ2v) is 12.0. The number of carboxylic acid groups (broad SMARTS) is 1. The van der Waals surface area contributed by atoms with Crippen LogP contribution in [0.15, 0.2) is 36.4 Å². The van der Waals surface area contributed by atoms with E-state index in [1.165, 1.54) is 19.2 Å². The average Bonchev–Trinajstić information content (AvgIpc) is 3.27. The molecule has 2 aromatic carbocycles. The quantitative estimate of drug-likeness (QED) is 0.229. The highest BCUT2D eigenvalue weighted by Gasteiger charge is 2.32. The molecule has 2 N–H and O–H groups in total. The number of nitrogens with zero attached hydrogens (tertiary/aromatic N) is 3. The molecule has 2 heterocycles. The van der Waals surface area contributed by atoms with Crippen molar-refractivity contribution in [3.8, 4) is 17.6 Å². The minimum absolute atomic E-state index is 0.0368. The minimum atomic E-state index is -4.61. The van der Waals surface area contributed by atoms with Crippen LogP contribution in [0.4, 0.5) is 38.1 Å². The lowest BCUT2D eigenvalue weighted by Crippen LogP contribution is -2.46. The van der Waals surface area contributed by atoms with Crippen molar-refractivity contribution in [1.29, 1.82) is 0 Å². The fraction of sp³-hybridized carbons (Fsp3) is 0.438. The lowest BCUT2D eigenvalue weighted by Gasteiger charge is -2.33. The van der Waals surface area contributed by atoms with Crippen LogP contribution in [0, 0.1) is 17.7 Å². The SMILES string of the molecule is COc1cc(C(=O)O)c(F)cc1N(CC#Cc1cc2c(N[C@@H]3CCN(C)C[C@@H]3F)cccc2n1CC(F)(F)F)C(=O)OC(C)(C)C. The molecule has 2 atom stereocenters. The number of likely N-dealkylation sites (tertiary alicyclic amines) is 1. The van der Waals surface area contributed by atoms with Gasteiger partial charge in [0.2, 0.25) is 0 Å². The number of fused-ring (bicyclic) bond motifs is 1. The number of carboxylic acids is 1. The molecule has 3 aromatic rings. The van der Waals surface area contributed by atoms with Gasteiger partial charge in [0.15, 0.2) is 0 Å². The number of carbonyl (C=O) groups is 2. The molecule has 0 aliphatic carbocycles. The highest BCUT2D eigenvalue weighted by Crippen LogP contribution is 2.34. The third kappa shape index (κ3) is 8.20. The van der Waals surface area contributed by atoms with Gasteiger partial charge in [0.1, 0.15) is 29.9 Å². The lowest BCUT2D eigenvalue weighted by atomic mass is 10.0. The number of halogens is 5. The topological polar surface area (TPSA) is 96.3 Å². The number of piperidine rings is 1. The maximum atomic E-state index is 14.8. The lowest BCUT2D eigenvalue weighted by molar-refractivity contribution is -0.140. The van der Waals surface area contributed by atoms with Crippen LogP contribution in [-0.2, 0) is 11.3 Å². The summed E-state index contributed by atoms with van der Waals surface area (Å²) in [5.74, 6) is 2.49. The van der Waals surface area contributed by atoms with Crippen molar-refractivity contribution in [1.82, 2.24) is 9.47 Å². The maximum absolute atomic E-state index is 14.8. The van der Waals surface area contributed by atoms with Gasteiger partial charge in [-0.15, -0.1) is 0 Å². The van der Waals surface area contributed by atoms with Gasteiger partial charge in [-0.3, -0.25) is 4.90 Å². The summed E-state index contributed by atoms with van der Waals surface area (Å²) in [7, 11) is 3.01. The molecule has 1 aliphatic heterocycles. The van der Waals surface area contributed by atoms with Crippen LogP contribution in [0.5, 0.6) is 5.75 Å². The summed E-state index contributed by atoms with van der Waals surface area (Å²) in [6.07, 6.45) is -6.27. The number of rotatable bonds is 7. The molecule has 0 radical (unpaired) electrons. The van der Waals surface area contributed by atoms with E-state index < -0.39 is 60.5 Å². The first-order valence-corrected chi connectivity index (χ1v) is 14.4. The molecule has 1 aliphatic rings. The molecule has 0 unspecified atom stereocenters. The molecule has 248 valence electrons. The van der Waals surface area contributed by atoms with Crippen molar-refractivity contribution >= 4 is 34.3 Å². The van der Waals surface area contributed by atoms with Crippen LogP contribution < -0.4 is 15.0 Å². The van der Waals surface area contributed by atoms with Gasteiger partial charge in [0.25, 0.3) is 0 Å². The molecule has 0 saturated carbocycles. The Hall–Kier alpha value is -4.51. The van der Waals surface area contributed by atoms with E-state index in [1.807, 2.05) is 11.9 Å². The Kier molecular flexibility index (Phi) is 10.1. The summed E-state index contributed by atoms with van der Waals surface area (Å²) >= 11 is 0. The second kappa shape index (κ2) is 13.5. The Balaban J connectivity index is 1.76. The Labute approximate surface area is 262 Å². The highest BCUT2D eigenvalue weighted by molar-refractivity contribution is 5.95. The normalized spacial score (nSPS) is 17.3. The number of hydrogen-bond donors (Lipinski definition) is 2. The number of nitrogens with one attached hydrogen (secondary N) is 1. The molecule has 0 bridgehead atoms. The van der Waals surface area contributed by atoms with Crippen LogP contribution in [0.2, 0.25) is 0 Å². The predicted molar refractivity (Wildman–Crippen MR) is 163 cm³/mol. The monoisotopic (exact) mass is 650 g/mol. The molecule has 1 saturated heterocycles. The van der Waals surface area contributed by atoms with Gasteiger partial charge in [0, 0.05) is 30.2 Å². The molecule has 1 amide bonds. The number of alkyl halides is 4.